The maximum Gasteiger partial charge on any atom is 0.363 e. The number of rotatable bonds is 6. The van der Waals surface area contributed by atoms with Gasteiger partial charge in [0.1, 0.15) is 0 Å². The minimum atomic E-state index is -0.651. The zero-order valence-electron chi connectivity index (χ0n) is 14.7. The van der Waals surface area contributed by atoms with E-state index in [0.717, 1.165) is 0 Å². The van der Waals surface area contributed by atoms with Gasteiger partial charge in [0, 0.05) is 23.3 Å². The summed E-state index contributed by atoms with van der Waals surface area (Å²) in [6.45, 7) is 2.26. The zero-order chi connectivity index (χ0) is 19.4. The van der Waals surface area contributed by atoms with Gasteiger partial charge >= 0.3 is 5.97 Å². The van der Waals surface area contributed by atoms with Crippen molar-refractivity contribution in [2.24, 2.45) is 4.99 Å². The molecule has 3 rings (SSSR count). The zero-order valence-corrected chi connectivity index (χ0v) is 14.7. The number of hydrogen-bond donors (Lipinski definition) is 0. The molecule has 1 aliphatic rings. The van der Waals surface area contributed by atoms with Crippen LogP contribution in [0.4, 0.5) is 5.69 Å². The molecule has 0 radical (unpaired) electrons. The Kier molecular flexibility index (Phi) is 5.16. The van der Waals surface area contributed by atoms with Crippen molar-refractivity contribution in [3.63, 3.8) is 0 Å². The molecule has 27 heavy (non-hydrogen) atoms. The highest BCUT2D eigenvalue weighted by atomic mass is 16.6. The van der Waals surface area contributed by atoms with Crippen LogP contribution >= 0.6 is 0 Å². The smallest absolute Gasteiger partial charge is 0.363 e. The fourth-order valence-corrected chi connectivity index (χ4v) is 2.54. The Morgan fingerprint density at radius 2 is 2.04 bits per heavy atom. The largest absolute Gasteiger partial charge is 0.493 e. The average Bonchev–Trinajstić information content (AvgIpc) is 3.04. The van der Waals surface area contributed by atoms with Crippen molar-refractivity contribution in [3.8, 4) is 11.5 Å². The van der Waals surface area contributed by atoms with Crippen LogP contribution in [0.5, 0.6) is 11.5 Å². The number of methoxy groups -OCH3 is 1. The molecule has 0 aromatic heterocycles. The van der Waals surface area contributed by atoms with Crippen LogP contribution < -0.4 is 9.47 Å². The first-order chi connectivity index (χ1) is 13.0. The molecular weight excluding hydrogens is 352 g/mol. The quantitative estimate of drug-likeness (QED) is 0.335. The molecule has 8 nitrogen and oxygen atoms in total. The van der Waals surface area contributed by atoms with Crippen molar-refractivity contribution in [1.82, 2.24) is 0 Å². The molecular formula is C19H16N2O6. The third kappa shape index (κ3) is 3.79. The van der Waals surface area contributed by atoms with Gasteiger partial charge in [0.2, 0.25) is 5.90 Å². The lowest BCUT2D eigenvalue weighted by Crippen LogP contribution is -2.05. The van der Waals surface area contributed by atoms with E-state index in [4.69, 9.17) is 14.2 Å². The minimum Gasteiger partial charge on any atom is -0.493 e. The molecule has 1 aliphatic heterocycles. The molecule has 0 bridgehead atoms. The second-order valence-electron chi connectivity index (χ2n) is 5.46. The Morgan fingerprint density at radius 3 is 2.74 bits per heavy atom. The topological polar surface area (TPSA) is 100 Å². The summed E-state index contributed by atoms with van der Waals surface area (Å²) in [4.78, 5) is 26.8. The highest BCUT2D eigenvalue weighted by Gasteiger charge is 2.26. The first kappa shape index (κ1) is 18.1. The maximum absolute atomic E-state index is 12.2. The number of cyclic esters (lactones) is 1. The molecule has 0 unspecified atom stereocenters. The molecule has 0 spiro atoms. The molecule has 2 aromatic carbocycles. The van der Waals surface area contributed by atoms with Crippen LogP contribution in [-0.2, 0) is 9.53 Å². The molecule has 2 aromatic rings. The van der Waals surface area contributed by atoms with Gasteiger partial charge in [-0.25, -0.2) is 9.79 Å². The first-order valence-electron chi connectivity index (χ1n) is 8.10. The predicted octanol–water partition coefficient (Wildman–Crippen LogP) is 3.35. The molecule has 0 saturated carbocycles. The molecule has 0 aliphatic carbocycles. The monoisotopic (exact) mass is 368 g/mol. The van der Waals surface area contributed by atoms with Crippen LogP contribution in [0.1, 0.15) is 18.1 Å². The molecule has 0 atom stereocenters. The molecule has 8 heteroatoms. The Morgan fingerprint density at radius 1 is 1.26 bits per heavy atom. The average molecular weight is 368 g/mol. The Hall–Kier alpha value is -3.68. The second kappa shape index (κ2) is 7.69. The van der Waals surface area contributed by atoms with E-state index in [9.17, 15) is 14.9 Å². The standard InChI is InChI=1S/C19H16N2O6/c1-3-26-17-12(6-5-9-16(17)25-2)11-15-19(22)27-18(20-15)13-7-4-8-14(10-13)21(23)24/h4-11H,3H2,1-2H3/b15-11-. The van der Waals surface area contributed by atoms with Crippen molar-refractivity contribution < 1.29 is 23.9 Å². The van der Waals surface area contributed by atoms with E-state index in [1.165, 1.54) is 31.4 Å². The van der Waals surface area contributed by atoms with Crippen molar-refractivity contribution in [1.29, 1.82) is 0 Å². The van der Waals surface area contributed by atoms with Gasteiger partial charge in [-0.1, -0.05) is 18.2 Å². The predicted molar refractivity (Wildman–Crippen MR) is 97.9 cm³/mol. The summed E-state index contributed by atoms with van der Waals surface area (Å²) in [6.07, 6.45) is 1.53. The fraction of sp³-hybridized carbons (Fsp3) is 0.158. The molecule has 1 heterocycles. The normalized spacial score (nSPS) is 14.7. The van der Waals surface area contributed by atoms with Crippen LogP contribution in [0.25, 0.3) is 6.08 Å². The number of aliphatic imine (C=N–C) groups is 1. The van der Waals surface area contributed by atoms with Gasteiger partial charge in [-0.05, 0) is 25.1 Å². The summed E-state index contributed by atoms with van der Waals surface area (Å²) in [5.41, 5.74) is 0.893. The van der Waals surface area contributed by atoms with Crippen LogP contribution in [-0.4, -0.2) is 30.5 Å². The summed E-state index contributed by atoms with van der Waals surface area (Å²) in [7, 11) is 1.52. The molecule has 0 N–H and O–H groups in total. The van der Waals surface area contributed by atoms with Gasteiger partial charge in [-0.15, -0.1) is 0 Å². The number of nitro benzene ring substituents is 1. The lowest BCUT2D eigenvalue weighted by Gasteiger charge is -2.11. The highest BCUT2D eigenvalue weighted by Crippen LogP contribution is 2.33. The van der Waals surface area contributed by atoms with E-state index in [1.54, 1.807) is 24.3 Å². The van der Waals surface area contributed by atoms with Crippen LogP contribution in [0.2, 0.25) is 0 Å². The van der Waals surface area contributed by atoms with Gasteiger partial charge in [-0.3, -0.25) is 10.1 Å². The van der Waals surface area contributed by atoms with Crippen molar-refractivity contribution in [2.75, 3.05) is 13.7 Å². The fourth-order valence-electron chi connectivity index (χ4n) is 2.54. The van der Waals surface area contributed by atoms with Crippen molar-refractivity contribution in [2.45, 2.75) is 6.92 Å². The molecule has 138 valence electrons. The number of non-ortho nitro benzene ring substituents is 1. The summed E-state index contributed by atoms with van der Waals surface area (Å²) in [5.74, 6) is 0.375. The number of hydrogen-bond acceptors (Lipinski definition) is 7. The van der Waals surface area contributed by atoms with E-state index in [-0.39, 0.29) is 17.3 Å². The molecule has 0 amide bonds. The minimum absolute atomic E-state index is 0.0100. The number of nitro groups is 1. The summed E-state index contributed by atoms with van der Waals surface area (Å²) in [6, 6.07) is 11.0. The molecule has 0 fully saturated rings. The summed E-state index contributed by atoms with van der Waals surface area (Å²) < 4.78 is 16.1. The summed E-state index contributed by atoms with van der Waals surface area (Å²) >= 11 is 0. The number of carbonyl (C=O) groups excluding carboxylic acids is 1. The van der Waals surface area contributed by atoms with Crippen LogP contribution in [0, 0.1) is 10.1 Å². The Balaban J connectivity index is 2.00. The van der Waals surface area contributed by atoms with Crippen molar-refractivity contribution in [3.05, 3.63) is 69.4 Å². The lowest BCUT2D eigenvalue weighted by molar-refractivity contribution is -0.384. The van der Waals surface area contributed by atoms with E-state index in [2.05, 4.69) is 4.99 Å². The lowest BCUT2D eigenvalue weighted by atomic mass is 10.1. The van der Waals surface area contributed by atoms with Gasteiger partial charge in [0.25, 0.3) is 5.69 Å². The number of esters is 1. The second-order valence-corrected chi connectivity index (χ2v) is 5.46. The third-order valence-corrected chi connectivity index (χ3v) is 3.73. The molecule has 0 saturated heterocycles. The SMILES string of the molecule is CCOc1c(/C=C2\N=C(c3cccc([N+](=O)[O-])c3)OC2=O)cccc1OC. The van der Waals surface area contributed by atoms with Gasteiger partial charge < -0.3 is 14.2 Å². The highest BCUT2D eigenvalue weighted by molar-refractivity contribution is 6.13. The van der Waals surface area contributed by atoms with Gasteiger partial charge in [0.05, 0.1) is 18.6 Å². The van der Waals surface area contributed by atoms with Gasteiger partial charge in [0.15, 0.2) is 17.2 Å². The first-order valence-corrected chi connectivity index (χ1v) is 8.10. The van der Waals surface area contributed by atoms with E-state index in [1.807, 2.05) is 6.92 Å². The van der Waals surface area contributed by atoms with E-state index in [0.29, 0.717) is 29.2 Å². The van der Waals surface area contributed by atoms with E-state index >= 15 is 0 Å². The van der Waals surface area contributed by atoms with Crippen LogP contribution in [0.3, 0.4) is 0 Å². The number of carbonyl (C=O) groups is 1. The van der Waals surface area contributed by atoms with Crippen LogP contribution in [0.15, 0.2) is 53.2 Å². The number of ether oxygens (including phenoxy) is 3. The maximum atomic E-state index is 12.2. The summed E-state index contributed by atoms with van der Waals surface area (Å²) in [5, 5.41) is 10.9. The number of para-hydroxylation sites is 1. The van der Waals surface area contributed by atoms with Crippen molar-refractivity contribution >= 4 is 23.6 Å². The van der Waals surface area contributed by atoms with E-state index < -0.39 is 10.9 Å². The Labute approximate surface area is 154 Å². The number of nitrogens with zero attached hydrogens (tertiary/aromatic N) is 2. The Bertz CT molecular complexity index is 964. The number of benzene rings is 2. The third-order valence-electron chi connectivity index (χ3n) is 3.73. The van der Waals surface area contributed by atoms with Gasteiger partial charge in [-0.2, -0.15) is 0 Å².